The highest BCUT2D eigenvalue weighted by Gasteiger charge is 2.37. The van der Waals surface area contributed by atoms with Crippen LogP contribution in [0.2, 0.25) is 0 Å². The minimum atomic E-state index is -1.02. The quantitative estimate of drug-likeness (QED) is 0.622. The Morgan fingerprint density at radius 2 is 2.11 bits per heavy atom. The molecule has 1 aliphatic heterocycles. The molecule has 0 aromatic rings. The first-order valence-corrected chi connectivity index (χ1v) is 7.28. The Kier molecular flexibility index (Phi) is 5.90. The normalized spacial score (nSPS) is 20.1. The van der Waals surface area contributed by atoms with Crippen molar-refractivity contribution in [3.05, 3.63) is 0 Å². The predicted molar refractivity (Wildman–Crippen MR) is 69.5 cm³/mol. The maximum absolute atomic E-state index is 12.0. The van der Waals surface area contributed by atoms with Crippen molar-refractivity contribution in [1.82, 2.24) is 5.32 Å². The van der Waals surface area contributed by atoms with Crippen LogP contribution in [-0.2, 0) is 14.3 Å². The van der Waals surface area contributed by atoms with Gasteiger partial charge in [-0.05, 0) is 31.3 Å². The maximum atomic E-state index is 12.0. The zero-order valence-electron chi connectivity index (χ0n) is 10.5. The lowest BCUT2D eigenvalue weighted by atomic mass is 9.90. The third-order valence-electron chi connectivity index (χ3n) is 3.05. The molecule has 1 aliphatic rings. The summed E-state index contributed by atoms with van der Waals surface area (Å²) in [7, 11) is 0. The van der Waals surface area contributed by atoms with Crippen LogP contribution in [0, 0.1) is 0 Å². The summed E-state index contributed by atoms with van der Waals surface area (Å²) in [6.07, 6.45) is 3.14. The molecule has 1 rings (SSSR count). The summed E-state index contributed by atoms with van der Waals surface area (Å²) < 4.78 is 5.15. The molecule has 1 heterocycles. The van der Waals surface area contributed by atoms with Crippen LogP contribution in [0.15, 0.2) is 0 Å². The summed E-state index contributed by atoms with van der Waals surface area (Å²) in [4.78, 5) is 23.1. The summed E-state index contributed by atoms with van der Waals surface area (Å²) >= 11 is 1.54. The first-order chi connectivity index (χ1) is 8.49. The highest BCUT2D eigenvalue weighted by atomic mass is 32.2. The van der Waals surface area contributed by atoms with Crippen molar-refractivity contribution < 1.29 is 19.4 Å². The minimum Gasteiger partial charge on any atom is -0.480 e. The van der Waals surface area contributed by atoms with E-state index in [9.17, 15) is 9.59 Å². The molecule has 0 unspecified atom stereocenters. The van der Waals surface area contributed by atoms with E-state index < -0.39 is 17.6 Å². The fourth-order valence-corrected chi connectivity index (χ4v) is 2.23. The first-order valence-electron chi connectivity index (χ1n) is 5.89. The van der Waals surface area contributed by atoms with Gasteiger partial charge in [-0.2, -0.15) is 11.8 Å². The lowest BCUT2D eigenvalue weighted by Crippen LogP contribution is -2.59. The molecule has 4 N–H and O–H groups in total. The highest BCUT2D eigenvalue weighted by molar-refractivity contribution is 7.98. The summed E-state index contributed by atoms with van der Waals surface area (Å²) in [6.45, 7) is 0.874. The summed E-state index contributed by atoms with van der Waals surface area (Å²) in [5.41, 5.74) is 4.99. The van der Waals surface area contributed by atoms with E-state index in [0.717, 1.165) is 0 Å². The van der Waals surface area contributed by atoms with E-state index in [0.29, 0.717) is 38.2 Å². The Hall–Kier alpha value is -0.790. The number of ether oxygens (including phenoxy) is 1. The minimum absolute atomic E-state index is 0.390. The molecule has 0 aromatic carbocycles. The van der Waals surface area contributed by atoms with Gasteiger partial charge < -0.3 is 20.9 Å². The van der Waals surface area contributed by atoms with Crippen LogP contribution < -0.4 is 11.1 Å². The summed E-state index contributed by atoms with van der Waals surface area (Å²) in [5.74, 6) is -0.731. The van der Waals surface area contributed by atoms with E-state index in [4.69, 9.17) is 15.6 Å². The van der Waals surface area contributed by atoms with Gasteiger partial charge in [-0.3, -0.25) is 4.79 Å². The number of carbonyl (C=O) groups is 2. The molecule has 0 saturated carbocycles. The molecule has 1 fully saturated rings. The van der Waals surface area contributed by atoms with Gasteiger partial charge in [-0.15, -0.1) is 0 Å². The van der Waals surface area contributed by atoms with Gasteiger partial charge in [0.15, 0.2) is 0 Å². The van der Waals surface area contributed by atoms with E-state index in [1.54, 1.807) is 11.8 Å². The number of amides is 1. The summed E-state index contributed by atoms with van der Waals surface area (Å²) in [6, 6.07) is -0.867. The number of nitrogens with one attached hydrogen (secondary N) is 1. The average molecular weight is 276 g/mol. The topological polar surface area (TPSA) is 102 Å². The monoisotopic (exact) mass is 276 g/mol. The van der Waals surface area contributed by atoms with Crippen molar-refractivity contribution in [3.63, 3.8) is 0 Å². The van der Waals surface area contributed by atoms with Gasteiger partial charge in [0, 0.05) is 13.2 Å². The molecule has 0 spiro atoms. The van der Waals surface area contributed by atoms with E-state index in [1.807, 2.05) is 6.26 Å². The van der Waals surface area contributed by atoms with Gasteiger partial charge in [0.25, 0.3) is 0 Å². The van der Waals surface area contributed by atoms with E-state index in [1.165, 1.54) is 0 Å². The molecule has 7 heteroatoms. The van der Waals surface area contributed by atoms with Gasteiger partial charge in [-0.1, -0.05) is 0 Å². The standard InChI is InChI=1S/C11H20N2O4S/c1-18-7-2-8(9(14)15)13-10(16)11(12)3-5-17-6-4-11/h8H,2-7,12H2,1H3,(H,13,16)(H,14,15)/t8-/m0/s1. The second-order valence-electron chi connectivity index (χ2n) is 4.41. The third kappa shape index (κ3) is 4.15. The van der Waals surface area contributed by atoms with Crippen LogP contribution in [0.3, 0.4) is 0 Å². The van der Waals surface area contributed by atoms with Crippen LogP contribution in [0.5, 0.6) is 0 Å². The van der Waals surface area contributed by atoms with Crippen LogP contribution in [0.4, 0.5) is 0 Å². The molecule has 0 bridgehead atoms. The molecule has 0 aromatic heterocycles. The number of carboxylic acids is 1. The van der Waals surface area contributed by atoms with Crippen LogP contribution in [-0.4, -0.2) is 53.8 Å². The van der Waals surface area contributed by atoms with Crippen LogP contribution in [0.1, 0.15) is 19.3 Å². The molecular formula is C11H20N2O4S. The lowest BCUT2D eigenvalue weighted by Gasteiger charge is -2.32. The van der Waals surface area contributed by atoms with Crippen molar-refractivity contribution in [2.24, 2.45) is 5.73 Å². The molecule has 1 atom stereocenters. The Morgan fingerprint density at radius 1 is 1.50 bits per heavy atom. The van der Waals surface area contributed by atoms with Gasteiger partial charge >= 0.3 is 5.97 Å². The fourth-order valence-electron chi connectivity index (χ4n) is 1.76. The number of nitrogens with two attached hydrogens (primary N) is 1. The van der Waals surface area contributed by atoms with Crippen LogP contribution in [0.25, 0.3) is 0 Å². The number of hydrogen-bond donors (Lipinski definition) is 3. The fraction of sp³-hybridized carbons (Fsp3) is 0.818. The number of aliphatic carboxylic acids is 1. The first kappa shape index (κ1) is 15.3. The number of hydrogen-bond acceptors (Lipinski definition) is 5. The maximum Gasteiger partial charge on any atom is 0.326 e. The lowest BCUT2D eigenvalue weighted by molar-refractivity contribution is -0.143. The molecule has 18 heavy (non-hydrogen) atoms. The van der Waals surface area contributed by atoms with Gasteiger partial charge in [0.2, 0.25) is 5.91 Å². The largest absolute Gasteiger partial charge is 0.480 e. The molecule has 1 amide bonds. The van der Waals surface area contributed by atoms with Crippen molar-refractivity contribution >= 4 is 23.6 Å². The molecule has 104 valence electrons. The smallest absolute Gasteiger partial charge is 0.326 e. The Bertz CT molecular complexity index is 305. The number of thioether (sulfide) groups is 1. The Labute approximate surface area is 111 Å². The van der Waals surface area contributed by atoms with Crippen LogP contribution >= 0.6 is 11.8 Å². The van der Waals surface area contributed by atoms with Gasteiger partial charge in [0.1, 0.15) is 6.04 Å². The Morgan fingerprint density at radius 3 is 2.61 bits per heavy atom. The number of rotatable bonds is 6. The van der Waals surface area contributed by atoms with E-state index in [2.05, 4.69) is 5.32 Å². The van der Waals surface area contributed by atoms with Gasteiger partial charge in [-0.25, -0.2) is 4.79 Å². The van der Waals surface area contributed by atoms with Crippen molar-refractivity contribution in [3.8, 4) is 0 Å². The average Bonchev–Trinajstić information content (AvgIpc) is 2.34. The third-order valence-corrected chi connectivity index (χ3v) is 3.70. The zero-order chi connectivity index (χ0) is 13.6. The molecule has 6 nitrogen and oxygen atoms in total. The molecule has 1 saturated heterocycles. The summed E-state index contributed by atoms with van der Waals surface area (Å²) in [5, 5.41) is 11.6. The second-order valence-corrected chi connectivity index (χ2v) is 5.40. The zero-order valence-corrected chi connectivity index (χ0v) is 11.3. The Balaban J connectivity index is 2.56. The second kappa shape index (κ2) is 6.96. The predicted octanol–water partition coefficient (Wildman–Crippen LogP) is -0.183. The van der Waals surface area contributed by atoms with Gasteiger partial charge in [0.05, 0.1) is 5.54 Å². The van der Waals surface area contributed by atoms with Crippen molar-refractivity contribution in [2.75, 3.05) is 25.2 Å². The molecular weight excluding hydrogens is 256 g/mol. The van der Waals surface area contributed by atoms with E-state index in [-0.39, 0.29) is 5.91 Å². The SMILES string of the molecule is CSCC[C@H](NC(=O)C1(N)CCOCC1)C(=O)O. The molecule has 0 aliphatic carbocycles. The van der Waals surface area contributed by atoms with Crippen molar-refractivity contribution in [1.29, 1.82) is 0 Å². The van der Waals surface area contributed by atoms with Crippen molar-refractivity contribution in [2.45, 2.75) is 30.8 Å². The number of carbonyl (C=O) groups excluding carboxylic acids is 1. The number of carboxylic acid groups (broad SMARTS) is 1. The van der Waals surface area contributed by atoms with E-state index >= 15 is 0 Å². The molecule has 0 radical (unpaired) electrons. The highest BCUT2D eigenvalue weighted by Crippen LogP contribution is 2.18.